The topological polar surface area (TPSA) is 53.1 Å². The molecule has 2 heterocycles. The SMILES string of the molecule is COc1cccc(CC(=O)N2CC[C@@]3(C2)CN(c2cccc(F)c2)C(=O)CN3C)c1. The van der Waals surface area contributed by atoms with E-state index in [9.17, 15) is 14.0 Å². The molecule has 0 N–H and O–H groups in total. The van der Waals surface area contributed by atoms with Gasteiger partial charge in [-0.2, -0.15) is 0 Å². The molecular formula is C23H26FN3O3. The molecule has 2 saturated heterocycles. The molecule has 1 spiro atoms. The van der Waals surface area contributed by atoms with Crippen molar-refractivity contribution >= 4 is 17.5 Å². The number of carbonyl (C=O) groups excluding carboxylic acids is 2. The van der Waals surface area contributed by atoms with Crippen LogP contribution < -0.4 is 9.64 Å². The van der Waals surface area contributed by atoms with Crippen LogP contribution in [0.5, 0.6) is 5.75 Å². The van der Waals surface area contributed by atoms with Gasteiger partial charge < -0.3 is 14.5 Å². The zero-order valence-corrected chi connectivity index (χ0v) is 17.3. The summed E-state index contributed by atoms with van der Waals surface area (Å²) in [6.45, 7) is 1.87. The molecule has 6 nitrogen and oxygen atoms in total. The van der Waals surface area contributed by atoms with E-state index in [0.717, 1.165) is 17.7 Å². The number of nitrogens with zero attached hydrogens (tertiary/aromatic N) is 3. The fourth-order valence-corrected chi connectivity index (χ4v) is 4.42. The summed E-state index contributed by atoms with van der Waals surface area (Å²) in [4.78, 5) is 31.2. The zero-order valence-electron chi connectivity index (χ0n) is 17.3. The molecule has 0 saturated carbocycles. The van der Waals surface area contributed by atoms with Crippen LogP contribution in [0.4, 0.5) is 10.1 Å². The van der Waals surface area contributed by atoms with Gasteiger partial charge in [-0.1, -0.05) is 18.2 Å². The quantitative estimate of drug-likeness (QED) is 0.775. The average molecular weight is 411 g/mol. The minimum atomic E-state index is -0.366. The van der Waals surface area contributed by atoms with E-state index in [-0.39, 0.29) is 29.7 Å². The van der Waals surface area contributed by atoms with Gasteiger partial charge in [-0.25, -0.2) is 4.39 Å². The van der Waals surface area contributed by atoms with Gasteiger partial charge in [0.1, 0.15) is 11.6 Å². The number of halogens is 1. The highest BCUT2D eigenvalue weighted by atomic mass is 19.1. The summed E-state index contributed by atoms with van der Waals surface area (Å²) in [6, 6.07) is 13.6. The predicted octanol–water partition coefficient (Wildman–Crippen LogP) is 2.33. The Bertz CT molecular complexity index is 966. The lowest BCUT2D eigenvalue weighted by molar-refractivity contribution is -0.130. The third-order valence-corrected chi connectivity index (χ3v) is 6.23. The second-order valence-electron chi connectivity index (χ2n) is 8.13. The van der Waals surface area contributed by atoms with E-state index in [0.29, 0.717) is 31.7 Å². The van der Waals surface area contributed by atoms with Crippen molar-refractivity contribution in [3.05, 3.63) is 59.9 Å². The standard InChI is InChI=1S/C23H26FN3O3/c1-25-14-22(29)27(19-7-4-6-18(24)13-19)16-23(25)9-10-26(15-23)21(28)12-17-5-3-8-20(11-17)30-2/h3-8,11,13H,9-10,12,14-16H2,1-2H3/t23-/m1/s1. The largest absolute Gasteiger partial charge is 0.497 e. The Morgan fingerprint density at radius 2 is 1.97 bits per heavy atom. The Balaban J connectivity index is 1.49. The van der Waals surface area contributed by atoms with Gasteiger partial charge in [0.05, 0.1) is 25.6 Å². The first-order valence-electron chi connectivity index (χ1n) is 10.1. The summed E-state index contributed by atoms with van der Waals surface area (Å²) in [5.41, 5.74) is 1.15. The van der Waals surface area contributed by atoms with Gasteiger partial charge in [0.25, 0.3) is 0 Å². The lowest BCUT2D eigenvalue weighted by atomic mass is 9.92. The number of benzene rings is 2. The van der Waals surface area contributed by atoms with Gasteiger partial charge in [0, 0.05) is 25.3 Å². The summed E-state index contributed by atoms with van der Waals surface area (Å²) >= 11 is 0. The highest BCUT2D eigenvalue weighted by Crippen LogP contribution is 2.34. The van der Waals surface area contributed by atoms with Crippen molar-refractivity contribution in [2.45, 2.75) is 18.4 Å². The molecule has 0 aliphatic carbocycles. The van der Waals surface area contributed by atoms with E-state index in [1.807, 2.05) is 41.1 Å². The minimum Gasteiger partial charge on any atom is -0.497 e. The van der Waals surface area contributed by atoms with Crippen molar-refractivity contribution in [1.29, 1.82) is 0 Å². The Morgan fingerprint density at radius 1 is 1.17 bits per heavy atom. The monoisotopic (exact) mass is 411 g/mol. The van der Waals surface area contributed by atoms with Crippen molar-refractivity contribution in [2.24, 2.45) is 0 Å². The molecule has 2 aliphatic rings. The average Bonchev–Trinajstić information content (AvgIpc) is 3.16. The van der Waals surface area contributed by atoms with Crippen LogP contribution in [0.15, 0.2) is 48.5 Å². The molecule has 0 aromatic heterocycles. The van der Waals surface area contributed by atoms with E-state index in [1.165, 1.54) is 12.1 Å². The molecule has 2 aromatic rings. The van der Waals surface area contributed by atoms with E-state index in [2.05, 4.69) is 0 Å². The van der Waals surface area contributed by atoms with Crippen molar-refractivity contribution < 1.29 is 18.7 Å². The Morgan fingerprint density at radius 3 is 2.73 bits per heavy atom. The van der Waals surface area contributed by atoms with E-state index in [4.69, 9.17) is 4.74 Å². The molecule has 2 amide bonds. The number of hydrogen-bond acceptors (Lipinski definition) is 4. The number of carbonyl (C=O) groups is 2. The molecular weight excluding hydrogens is 385 g/mol. The van der Waals surface area contributed by atoms with Crippen molar-refractivity contribution in [2.75, 3.05) is 45.2 Å². The Kier molecular flexibility index (Phi) is 5.47. The molecule has 2 fully saturated rings. The number of piperazine rings is 1. The van der Waals surface area contributed by atoms with Crippen LogP contribution in [0.2, 0.25) is 0 Å². The van der Waals surface area contributed by atoms with Crippen LogP contribution in [-0.4, -0.2) is 67.5 Å². The molecule has 0 unspecified atom stereocenters. The first-order valence-corrected chi connectivity index (χ1v) is 10.1. The van der Waals surface area contributed by atoms with Gasteiger partial charge in [0.15, 0.2) is 0 Å². The van der Waals surface area contributed by atoms with Gasteiger partial charge in [-0.15, -0.1) is 0 Å². The molecule has 2 aromatic carbocycles. The first-order chi connectivity index (χ1) is 14.4. The van der Waals surface area contributed by atoms with Crippen molar-refractivity contribution in [3.63, 3.8) is 0 Å². The molecule has 4 rings (SSSR count). The van der Waals surface area contributed by atoms with E-state index >= 15 is 0 Å². The number of likely N-dealkylation sites (N-methyl/N-ethyl adjacent to an activating group) is 1. The van der Waals surface area contributed by atoms with Crippen LogP contribution in [0.25, 0.3) is 0 Å². The second kappa shape index (κ2) is 8.07. The highest BCUT2D eigenvalue weighted by Gasteiger charge is 2.48. The lowest BCUT2D eigenvalue weighted by Gasteiger charge is -2.46. The number of likely N-dealkylation sites (tertiary alicyclic amines) is 1. The lowest BCUT2D eigenvalue weighted by Crippen LogP contribution is -2.64. The third kappa shape index (κ3) is 3.89. The summed E-state index contributed by atoms with van der Waals surface area (Å²) in [5, 5.41) is 0. The molecule has 158 valence electrons. The molecule has 2 aliphatic heterocycles. The summed E-state index contributed by atoms with van der Waals surface area (Å²) in [7, 11) is 3.53. The maximum Gasteiger partial charge on any atom is 0.241 e. The predicted molar refractivity (Wildman–Crippen MR) is 112 cm³/mol. The fraction of sp³-hybridized carbons (Fsp3) is 0.391. The van der Waals surface area contributed by atoms with Crippen LogP contribution in [0, 0.1) is 5.82 Å². The number of ether oxygens (including phenoxy) is 1. The maximum atomic E-state index is 13.7. The number of amides is 2. The maximum absolute atomic E-state index is 13.7. The van der Waals surface area contributed by atoms with Gasteiger partial charge >= 0.3 is 0 Å². The van der Waals surface area contributed by atoms with Gasteiger partial charge in [-0.05, 0) is 49.4 Å². The molecule has 0 bridgehead atoms. The van der Waals surface area contributed by atoms with E-state index < -0.39 is 0 Å². The van der Waals surface area contributed by atoms with Crippen molar-refractivity contribution in [1.82, 2.24) is 9.80 Å². The molecule has 0 radical (unpaired) electrons. The van der Waals surface area contributed by atoms with Crippen LogP contribution in [-0.2, 0) is 16.0 Å². The van der Waals surface area contributed by atoms with Crippen molar-refractivity contribution in [3.8, 4) is 5.75 Å². The first kappa shape index (κ1) is 20.3. The normalized spacial score (nSPS) is 22.0. The second-order valence-corrected chi connectivity index (χ2v) is 8.13. The smallest absolute Gasteiger partial charge is 0.241 e. The highest BCUT2D eigenvalue weighted by molar-refractivity contribution is 5.96. The number of methoxy groups -OCH3 is 1. The van der Waals surface area contributed by atoms with Crippen LogP contribution in [0.1, 0.15) is 12.0 Å². The number of hydrogen-bond donors (Lipinski definition) is 0. The van der Waals surface area contributed by atoms with Gasteiger partial charge in [0.2, 0.25) is 11.8 Å². The minimum absolute atomic E-state index is 0.0581. The molecule has 30 heavy (non-hydrogen) atoms. The Hall–Kier alpha value is -2.93. The number of anilines is 1. The number of rotatable bonds is 4. The summed E-state index contributed by atoms with van der Waals surface area (Å²) < 4.78 is 19.0. The molecule has 7 heteroatoms. The van der Waals surface area contributed by atoms with Gasteiger partial charge in [-0.3, -0.25) is 14.5 Å². The Labute approximate surface area is 175 Å². The van der Waals surface area contributed by atoms with E-state index in [1.54, 1.807) is 24.1 Å². The summed E-state index contributed by atoms with van der Waals surface area (Å²) in [6.07, 6.45) is 1.08. The fourth-order valence-electron chi connectivity index (χ4n) is 4.42. The zero-order chi connectivity index (χ0) is 21.3. The van der Waals surface area contributed by atoms with Crippen LogP contribution >= 0.6 is 0 Å². The summed E-state index contributed by atoms with van der Waals surface area (Å²) in [5.74, 6) is 0.363. The van der Waals surface area contributed by atoms with Crippen LogP contribution in [0.3, 0.4) is 0 Å². The third-order valence-electron chi connectivity index (χ3n) is 6.23. The molecule has 1 atom stereocenters.